The van der Waals surface area contributed by atoms with Crippen molar-refractivity contribution in [1.82, 2.24) is 0 Å². The summed E-state index contributed by atoms with van der Waals surface area (Å²) in [6.07, 6.45) is 4.30. The molecule has 27 heavy (non-hydrogen) atoms. The summed E-state index contributed by atoms with van der Waals surface area (Å²) < 4.78 is 0. The molecule has 0 aliphatic heterocycles. The molecular formula is C22H30ClNO2S. The summed E-state index contributed by atoms with van der Waals surface area (Å²) in [5, 5.41) is 10.1. The second kappa shape index (κ2) is 9.83. The lowest BCUT2D eigenvalue weighted by Gasteiger charge is -2.25. The SMILES string of the molecule is CC[C@](N)(CO)CCc1sc(C(=O)CCCc2ccc(C)c(C)c2)cc1Cl. The number of thiophene rings is 1. The topological polar surface area (TPSA) is 63.3 Å². The van der Waals surface area contributed by atoms with E-state index >= 15 is 0 Å². The van der Waals surface area contributed by atoms with Gasteiger partial charge < -0.3 is 10.8 Å². The number of ketones is 1. The average molecular weight is 408 g/mol. The Hall–Kier alpha value is -1.20. The van der Waals surface area contributed by atoms with E-state index < -0.39 is 5.54 Å². The highest BCUT2D eigenvalue weighted by atomic mass is 35.5. The molecule has 0 fully saturated rings. The second-order valence-electron chi connectivity index (χ2n) is 7.45. The molecule has 5 heteroatoms. The predicted octanol–water partition coefficient (Wildman–Crippen LogP) is 5.26. The van der Waals surface area contributed by atoms with E-state index in [9.17, 15) is 9.90 Å². The Kier molecular flexibility index (Phi) is 8.04. The van der Waals surface area contributed by atoms with E-state index in [2.05, 4.69) is 32.0 Å². The number of carbonyl (C=O) groups is 1. The third-order valence-corrected chi connectivity index (χ3v) is 7.03. The molecule has 0 saturated heterocycles. The van der Waals surface area contributed by atoms with Crippen LogP contribution in [0.15, 0.2) is 24.3 Å². The molecule has 0 saturated carbocycles. The van der Waals surface area contributed by atoms with Gasteiger partial charge in [-0.05, 0) is 68.7 Å². The number of nitrogens with two attached hydrogens (primary N) is 1. The number of hydrogen-bond donors (Lipinski definition) is 2. The molecular weight excluding hydrogens is 378 g/mol. The van der Waals surface area contributed by atoms with Crippen LogP contribution in [0.3, 0.4) is 0 Å². The molecule has 0 aliphatic carbocycles. The lowest BCUT2D eigenvalue weighted by molar-refractivity contribution is 0.0984. The largest absolute Gasteiger partial charge is 0.394 e. The molecule has 148 valence electrons. The Morgan fingerprint density at radius 2 is 1.96 bits per heavy atom. The summed E-state index contributed by atoms with van der Waals surface area (Å²) in [4.78, 5) is 14.2. The zero-order chi connectivity index (χ0) is 20.0. The Morgan fingerprint density at radius 3 is 2.59 bits per heavy atom. The summed E-state index contributed by atoms with van der Waals surface area (Å²) in [5.74, 6) is 0.147. The Balaban J connectivity index is 1.90. The van der Waals surface area contributed by atoms with Crippen molar-refractivity contribution < 1.29 is 9.90 Å². The molecule has 0 unspecified atom stereocenters. The van der Waals surface area contributed by atoms with Gasteiger partial charge in [-0.25, -0.2) is 0 Å². The van der Waals surface area contributed by atoms with Gasteiger partial charge in [0.25, 0.3) is 0 Å². The van der Waals surface area contributed by atoms with Crippen LogP contribution in [-0.2, 0) is 12.8 Å². The third kappa shape index (κ3) is 6.15. The van der Waals surface area contributed by atoms with E-state index in [-0.39, 0.29) is 12.4 Å². The van der Waals surface area contributed by atoms with Gasteiger partial charge in [0.2, 0.25) is 0 Å². The van der Waals surface area contributed by atoms with E-state index in [1.54, 1.807) is 6.07 Å². The van der Waals surface area contributed by atoms with Crippen LogP contribution in [0.4, 0.5) is 0 Å². The van der Waals surface area contributed by atoms with Gasteiger partial charge in [-0.1, -0.05) is 36.7 Å². The van der Waals surface area contributed by atoms with Gasteiger partial charge in [-0.15, -0.1) is 11.3 Å². The zero-order valence-electron chi connectivity index (χ0n) is 16.5. The molecule has 2 aromatic rings. The Bertz CT molecular complexity index is 781. The molecule has 1 aromatic carbocycles. The fourth-order valence-corrected chi connectivity index (χ4v) is 4.38. The quantitative estimate of drug-likeness (QED) is 0.528. The van der Waals surface area contributed by atoms with Crippen LogP contribution in [0.5, 0.6) is 0 Å². The van der Waals surface area contributed by atoms with Crippen LogP contribution in [0.2, 0.25) is 5.02 Å². The highest BCUT2D eigenvalue weighted by molar-refractivity contribution is 7.14. The van der Waals surface area contributed by atoms with Crippen molar-refractivity contribution in [3.63, 3.8) is 0 Å². The number of aliphatic hydroxyl groups excluding tert-OH is 1. The average Bonchev–Trinajstić information content (AvgIpc) is 3.03. The highest BCUT2D eigenvalue weighted by Crippen LogP contribution is 2.31. The molecule has 1 aromatic heterocycles. The molecule has 0 aliphatic rings. The third-order valence-electron chi connectivity index (χ3n) is 5.34. The van der Waals surface area contributed by atoms with Crippen molar-refractivity contribution in [1.29, 1.82) is 0 Å². The summed E-state index contributed by atoms with van der Waals surface area (Å²) in [7, 11) is 0. The molecule has 2 rings (SSSR count). The van der Waals surface area contributed by atoms with E-state index in [1.807, 2.05) is 6.92 Å². The van der Waals surface area contributed by atoms with E-state index in [0.29, 0.717) is 30.7 Å². The molecule has 0 spiro atoms. The van der Waals surface area contributed by atoms with Crippen molar-refractivity contribution in [2.24, 2.45) is 5.73 Å². The number of rotatable bonds is 10. The minimum Gasteiger partial charge on any atom is -0.394 e. The molecule has 0 radical (unpaired) electrons. The molecule has 3 N–H and O–H groups in total. The van der Waals surface area contributed by atoms with Gasteiger partial charge in [0.15, 0.2) is 5.78 Å². The fourth-order valence-electron chi connectivity index (χ4n) is 2.98. The highest BCUT2D eigenvalue weighted by Gasteiger charge is 2.23. The van der Waals surface area contributed by atoms with E-state index in [4.69, 9.17) is 17.3 Å². The summed E-state index contributed by atoms with van der Waals surface area (Å²) in [6, 6.07) is 8.26. The van der Waals surface area contributed by atoms with E-state index in [0.717, 1.165) is 22.6 Å². The minimum absolute atomic E-state index is 0.0449. The van der Waals surface area contributed by atoms with Gasteiger partial charge in [-0.2, -0.15) is 0 Å². The second-order valence-corrected chi connectivity index (χ2v) is 9.00. The molecule has 0 amide bonds. The number of aliphatic hydroxyl groups is 1. The maximum Gasteiger partial charge on any atom is 0.172 e. The first-order chi connectivity index (χ1) is 12.8. The summed E-state index contributed by atoms with van der Waals surface area (Å²) in [5.41, 5.74) is 9.43. The first kappa shape index (κ1) is 22.1. The maximum absolute atomic E-state index is 12.5. The van der Waals surface area contributed by atoms with Crippen molar-refractivity contribution in [2.45, 2.75) is 64.8 Å². The van der Waals surface area contributed by atoms with Crippen LogP contribution in [-0.4, -0.2) is 23.0 Å². The lowest BCUT2D eigenvalue weighted by Crippen LogP contribution is -2.43. The van der Waals surface area contributed by atoms with Crippen molar-refractivity contribution >= 4 is 28.7 Å². The van der Waals surface area contributed by atoms with Gasteiger partial charge in [-0.3, -0.25) is 4.79 Å². The van der Waals surface area contributed by atoms with Crippen molar-refractivity contribution in [2.75, 3.05) is 6.61 Å². The number of aryl methyl sites for hydroxylation is 4. The fraction of sp³-hybridized carbons (Fsp3) is 0.500. The molecule has 1 heterocycles. The number of hydrogen-bond acceptors (Lipinski definition) is 4. The van der Waals surface area contributed by atoms with Crippen LogP contribution in [0.1, 0.15) is 63.8 Å². The van der Waals surface area contributed by atoms with E-state index in [1.165, 1.54) is 28.0 Å². The monoisotopic (exact) mass is 407 g/mol. The Morgan fingerprint density at radius 1 is 1.22 bits per heavy atom. The van der Waals surface area contributed by atoms with Gasteiger partial charge in [0.05, 0.1) is 16.5 Å². The lowest BCUT2D eigenvalue weighted by atomic mass is 9.92. The number of benzene rings is 1. The maximum atomic E-state index is 12.5. The number of carbonyl (C=O) groups excluding carboxylic acids is 1. The number of halogens is 1. The predicted molar refractivity (Wildman–Crippen MR) is 115 cm³/mol. The summed E-state index contributed by atoms with van der Waals surface area (Å²) in [6.45, 7) is 6.15. The Labute approximate surface area is 171 Å². The molecule has 3 nitrogen and oxygen atoms in total. The standard InChI is InChI=1S/C22H30ClNO2S/c1-4-22(24,14-25)11-10-20-18(23)13-21(27-20)19(26)7-5-6-17-9-8-15(2)16(3)12-17/h8-9,12-13,25H,4-7,10-11,14,24H2,1-3H3/t22-/m1/s1. The minimum atomic E-state index is -0.580. The van der Waals surface area contributed by atoms with Crippen LogP contribution >= 0.6 is 22.9 Å². The van der Waals surface area contributed by atoms with Gasteiger partial charge in [0.1, 0.15) is 0 Å². The first-order valence-electron chi connectivity index (χ1n) is 9.55. The van der Waals surface area contributed by atoms with Crippen LogP contribution in [0.25, 0.3) is 0 Å². The van der Waals surface area contributed by atoms with Crippen LogP contribution < -0.4 is 5.73 Å². The summed E-state index contributed by atoms with van der Waals surface area (Å²) >= 11 is 7.78. The normalized spacial score (nSPS) is 13.6. The zero-order valence-corrected chi connectivity index (χ0v) is 18.1. The smallest absolute Gasteiger partial charge is 0.172 e. The van der Waals surface area contributed by atoms with Crippen LogP contribution in [0, 0.1) is 13.8 Å². The number of Topliss-reactive ketones (excluding diaryl/α,β-unsaturated/α-hetero) is 1. The van der Waals surface area contributed by atoms with Crippen molar-refractivity contribution in [3.05, 3.63) is 55.7 Å². The van der Waals surface area contributed by atoms with Gasteiger partial charge >= 0.3 is 0 Å². The van der Waals surface area contributed by atoms with Crippen molar-refractivity contribution in [3.8, 4) is 0 Å². The molecule has 1 atom stereocenters. The van der Waals surface area contributed by atoms with Gasteiger partial charge in [0, 0.05) is 16.8 Å². The first-order valence-corrected chi connectivity index (χ1v) is 10.7. The molecule has 0 bridgehead atoms.